The molecule has 0 saturated carbocycles. The van der Waals surface area contributed by atoms with E-state index in [0.717, 1.165) is 12.1 Å². The van der Waals surface area contributed by atoms with Crippen molar-refractivity contribution in [2.45, 2.75) is 20.3 Å². The third-order valence-corrected chi connectivity index (χ3v) is 2.50. The SMILES string of the molecule is CC1=CCC(C)C(c2cc[nH]n2)=C1. The lowest BCUT2D eigenvalue weighted by Crippen LogP contribution is -2.02. The molecule has 1 heterocycles. The minimum Gasteiger partial charge on any atom is -0.285 e. The summed E-state index contributed by atoms with van der Waals surface area (Å²) in [5, 5.41) is 7.06. The molecule has 1 aromatic rings. The van der Waals surface area contributed by atoms with Crippen LogP contribution in [0, 0.1) is 5.92 Å². The van der Waals surface area contributed by atoms with Crippen LogP contribution >= 0.6 is 0 Å². The summed E-state index contributed by atoms with van der Waals surface area (Å²) in [6, 6.07) is 2.03. The van der Waals surface area contributed by atoms with Crippen LogP contribution in [0.3, 0.4) is 0 Å². The Hall–Kier alpha value is -1.31. The highest BCUT2D eigenvalue weighted by molar-refractivity contribution is 5.68. The number of allylic oxidation sites excluding steroid dienone is 4. The summed E-state index contributed by atoms with van der Waals surface area (Å²) in [6.45, 7) is 4.38. The Kier molecular flexibility index (Phi) is 2.05. The van der Waals surface area contributed by atoms with Gasteiger partial charge in [-0.2, -0.15) is 5.10 Å². The van der Waals surface area contributed by atoms with Crippen molar-refractivity contribution in [3.63, 3.8) is 0 Å². The molecular formula is C11H14N2. The second kappa shape index (κ2) is 3.21. The Bertz CT molecular complexity index is 344. The number of hydrogen-bond donors (Lipinski definition) is 1. The molecule has 1 unspecified atom stereocenters. The average molecular weight is 174 g/mol. The summed E-state index contributed by atoms with van der Waals surface area (Å²) in [6.07, 6.45) is 7.51. The quantitative estimate of drug-likeness (QED) is 0.696. The zero-order valence-corrected chi connectivity index (χ0v) is 8.04. The number of aromatic nitrogens is 2. The zero-order chi connectivity index (χ0) is 9.26. The Balaban J connectivity index is 2.37. The molecule has 0 radical (unpaired) electrons. The third-order valence-electron chi connectivity index (χ3n) is 2.50. The lowest BCUT2D eigenvalue weighted by molar-refractivity contribution is 0.747. The first-order chi connectivity index (χ1) is 6.27. The maximum Gasteiger partial charge on any atom is 0.0883 e. The van der Waals surface area contributed by atoms with Gasteiger partial charge in [-0.3, -0.25) is 5.10 Å². The van der Waals surface area contributed by atoms with Crippen molar-refractivity contribution in [2.75, 3.05) is 0 Å². The van der Waals surface area contributed by atoms with Gasteiger partial charge in [0.05, 0.1) is 5.69 Å². The van der Waals surface area contributed by atoms with Gasteiger partial charge in [-0.1, -0.05) is 24.6 Å². The summed E-state index contributed by atoms with van der Waals surface area (Å²) >= 11 is 0. The first kappa shape index (κ1) is 8.30. The molecule has 0 aromatic carbocycles. The molecule has 0 fully saturated rings. The van der Waals surface area contributed by atoms with Gasteiger partial charge in [-0.25, -0.2) is 0 Å². The fourth-order valence-electron chi connectivity index (χ4n) is 1.68. The molecule has 1 aromatic heterocycles. The van der Waals surface area contributed by atoms with Crippen LogP contribution in [0.1, 0.15) is 26.0 Å². The molecule has 68 valence electrons. The molecular weight excluding hydrogens is 160 g/mol. The molecule has 0 bridgehead atoms. The largest absolute Gasteiger partial charge is 0.285 e. The fraction of sp³-hybridized carbons (Fsp3) is 0.364. The van der Waals surface area contributed by atoms with Gasteiger partial charge >= 0.3 is 0 Å². The number of rotatable bonds is 1. The predicted molar refractivity (Wildman–Crippen MR) is 54.1 cm³/mol. The highest BCUT2D eigenvalue weighted by atomic mass is 15.1. The summed E-state index contributed by atoms with van der Waals surface area (Å²) in [4.78, 5) is 0. The molecule has 0 spiro atoms. The van der Waals surface area contributed by atoms with Crippen molar-refractivity contribution < 1.29 is 0 Å². The van der Waals surface area contributed by atoms with Crippen molar-refractivity contribution >= 4 is 5.57 Å². The van der Waals surface area contributed by atoms with Gasteiger partial charge in [-0.05, 0) is 30.9 Å². The monoisotopic (exact) mass is 174 g/mol. The molecule has 2 heteroatoms. The van der Waals surface area contributed by atoms with E-state index in [1.807, 2.05) is 12.3 Å². The Labute approximate surface area is 78.4 Å². The summed E-state index contributed by atoms with van der Waals surface area (Å²) < 4.78 is 0. The molecule has 1 N–H and O–H groups in total. The number of hydrogen-bond acceptors (Lipinski definition) is 1. The number of aromatic amines is 1. The summed E-state index contributed by atoms with van der Waals surface area (Å²) in [7, 11) is 0. The van der Waals surface area contributed by atoms with Crippen LogP contribution in [0.4, 0.5) is 0 Å². The third kappa shape index (κ3) is 1.57. The molecule has 2 rings (SSSR count). The second-order valence-corrected chi connectivity index (χ2v) is 3.64. The maximum atomic E-state index is 4.20. The molecule has 2 nitrogen and oxygen atoms in total. The minimum atomic E-state index is 0.590. The van der Waals surface area contributed by atoms with Gasteiger partial charge in [0.25, 0.3) is 0 Å². The molecule has 0 saturated heterocycles. The Morgan fingerprint density at radius 1 is 1.54 bits per heavy atom. The van der Waals surface area contributed by atoms with Crippen LogP contribution < -0.4 is 0 Å². The standard InChI is InChI=1S/C11H14N2/c1-8-3-4-9(2)10(7-8)11-5-6-12-13-11/h3,5-7,9H,4H2,1-2H3,(H,12,13). The lowest BCUT2D eigenvalue weighted by atomic mass is 9.88. The van der Waals surface area contributed by atoms with Gasteiger partial charge < -0.3 is 0 Å². The van der Waals surface area contributed by atoms with Crippen LogP contribution in [-0.4, -0.2) is 10.2 Å². The molecule has 13 heavy (non-hydrogen) atoms. The normalized spacial score (nSPS) is 22.5. The van der Waals surface area contributed by atoms with E-state index in [0.29, 0.717) is 5.92 Å². The van der Waals surface area contributed by atoms with Crippen LogP contribution in [-0.2, 0) is 0 Å². The highest BCUT2D eigenvalue weighted by Crippen LogP contribution is 2.29. The summed E-state index contributed by atoms with van der Waals surface area (Å²) in [5.41, 5.74) is 3.78. The van der Waals surface area contributed by atoms with Gasteiger partial charge in [0.2, 0.25) is 0 Å². The topological polar surface area (TPSA) is 28.7 Å². The Morgan fingerprint density at radius 2 is 2.38 bits per heavy atom. The zero-order valence-electron chi connectivity index (χ0n) is 8.04. The van der Waals surface area contributed by atoms with E-state index in [-0.39, 0.29) is 0 Å². The highest BCUT2D eigenvalue weighted by Gasteiger charge is 2.14. The average Bonchev–Trinajstić information content (AvgIpc) is 2.61. The number of H-pyrrole nitrogens is 1. The van der Waals surface area contributed by atoms with Crippen molar-refractivity contribution in [3.05, 3.63) is 35.7 Å². The van der Waals surface area contributed by atoms with Gasteiger partial charge in [0.1, 0.15) is 0 Å². The minimum absolute atomic E-state index is 0.590. The second-order valence-electron chi connectivity index (χ2n) is 3.64. The first-order valence-corrected chi connectivity index (χ1v) is 4.66. The van der Waals surface area contributed by atoms with E-state index >= 15 is 0 Å². The van der Waals surface area contributed by atoms with E-state index < -0.39 is 0 Å². The van der Waals surface area contributed by atoms with E-state index in [1.54, 1.807) is 0 Å². The molecule has 1 aliphatic carbocycles. The maximum absolute atomic E-state index is 4.20. The number of nitrogens with one attached hydrogen (secondary N) is 1. The predicted octanol–water partition coefficient (Wildman–Crippen LogP) is 2.78. The van der Waals surface area contributed by atoms with Crippen molar-refractivity contribution in [3.8, 4) is 0 Å². The van der Waals surface area contributed by atoms with Crippen LogP contribution in [0.15, 0.2) is 30.0 Å². The van der Waals surface area contributed by atoms with Crippen LogP contribution in [0.25, 0.3) is 5.57 Å². The van der Waals surface area contributed by atoms with E-state index in [9.17, 15) is 0 Å². The first-order valence-electron chi connectivity index (χ1n) is 4.66. The van der Waals surface area contributed by atoms with Crippen molar-refractivity contribution in [1.29, 1.82) is 0 Å². The smallest absolute Gasteiger partial charge is 0.0883 e. The fourth-order valence-corrected chi connectivity index (χ4v) is 1.68. The van der Waals surface area contributed by atoms with Crippen molar-refractivity contribution in [1.82, 2.24) is 10.2 Å². The van der Waals surface area contributed by atoms with E-state index in [4.69, 9.17) is 0 Å². The molecule has 0 amide bonds. The van der Waals surface area contributed by atoms with Crippen LogP contribution in [0.2, 0.25) is 0 Å². The van der Waals surface area contributed by atoms with Crippen molar-refractivity contribution in [2.24, 2.45) is 5.92 Å². The molecule has 0 aliphatic heterocycles. The molecule has 1 atom stereocenters. The number of nitrogens with zero attached hydrogens (tertiary/aromatic N) is 1. The lowest BCUT2D eigenvalue weighted by Gasteiger charge is -2.17. The van der Waals surface area contributed by atoms with Gasteiger partial charge in [0.15, 0.2) is 0 Å². The van der Waals surface area contributed by atoms with E-state index in [1.165, 1.54) is 11.1 Å². The molecule has 1 aliphatic rings. The van der Waals surface area contributed by atoms with E-state index in [2.05, 4.69) is 36.2 Å². The van der Waals surface area contributed by atoms with Crippen LogP contribution in [0.5, 0.6) is 0 Å². The summed E-state index contributed by atoms with van der Waals surface area (Å²) in [5.74, 6) is 0.590. The Morgan fingerprint density at radius 3 is 3.08 bits per heavy atom. The van der Waals surface area contributed by atoms with Gasteiger partial charge in [-0.15, -0.1) is 0 Å². The van der Waals surface area contributed by atoms with Gasteiger partial charge in [0, 0.05) is 6.20 Å².